The van der Waals surface area contributed by atoms with Crippen molar-refractivity contribution in [2.24, 2.45) is 0 Å². The number of nitrogens with zero attached hydrogens (tertiary/aromatic N) is 3. The first-order valence-corrected chi connectivity index (χ1v) is 12.0. The second-order valence-electron chi connectivity index (χ2n) is 8.45. The zero-order valence-corrected chi connectivity index (χ0v) is 18.9. The zero-order chi connectivity index (χ0) is 20.3. The number of rotatable bonds is 4. The Morgan fingerprint density at radius 1 is 0.967 bits per heavy atom. The second-order valence-corrected chi connectivity index (χ2v) is 9.37. The van der Waals surface area contributed by atoms with Gasteiger partial charge >= 0.3 is 0 Å². The minimum absolute atomic E-state index is 0.393. The van der Waals surface area contributed by atoms with Crippen LogP contribution in [0.4, 0.5) is 5.82 Å². The van der Waals surface area contributed by atoms with Crippen molar-refractivity contribution >= 4 is 21.7 Å². The van der Waals surface area contributed by atoms with Gasteiger partial charge in [0, 0.05) is 23.1 Å². The summed E-state index contributed by atoms with van der Waals surface area (Å²) in [5, 5.41) is 8.95. The molecule has 3 aromatic rings. The summed E-state index contributed by atoms with van der Waals surface area (Å²) in [7, 11) is 0. The largest absolute Gasteiger partial charge is 0.370 e. The van der Waals surface area contributed by atoms with E-state index in [9.17, 15) is 0 Å². The quantitative estimate of drug-likeness (QED) is 0.505. The number of fused-ring (bicyclic) bond motifs is 1. The maximum Gasteiger partial charge on any atom is 0.133 e. The molecule has 0 bridgehead atoms. The van der Waals surface area contributed by atoms with Gasteiger partial charge in [-0.25, -0.2) is 4.68 Å². The average molecular weight is 465 g/mol. The highest BCUT2D eigenvalue weighted by atomic mass is 79.9. The number of benzene rings is 2. The third kappa shape index (κ3) is 4.06. The lowest BCUT2D eigenvalue weighted by atomic mass is 9.94. The second kappa shape index (κ2) is 8.94. The highest BCUT2D eigenvalue weighted by Crippen LogP contribution is 2.38. The molecule has 3 heterocycles. The van der Waals surface area contributed by atoms with Crippen LogP contribution in [0.5, 0.6) is 0 Å². The van der Waals surface area contributed by atoms with Gasteiger partial charge in [-0.1, -0.05) is 52.7 Å². The summed E-state index contributed by atoms with van der Waals surface area (Å²) in [6.45, 7) is 3.17. The Bertz CT molecular complexity index is 980. The molecule has 4 nitrogen and oxygen atoms in total. The van der Waals surface area contributed by atoms with Crippen LogP contribution in [0.15, 0.2) is 59.1 Å². The van der Waals surface area contributed by atoms with Crippen molar-refractivity contribution < 1.29 is 0 Å². The molecule has 0 saturated carbocycles. The molecule has 1 saturated heterocycles. The fraction of sp³-hybridized carbons (Fsp3) is 0.400. The van der Waals surface area contributed by atoms with E-state index in [1.54, 1.807) is 0 Å². The molecule has 30 heavy (non-hydrogen) atoms. The highest BCUT2D eigenvalue weighted by molar-refractivity contribution is 9.10. The van der Waals surface area contributed by atoms with Gasteiger partial charge in [-0.15, -0.1) is 0 Å². The third-order valence-electron chi connectivity index (χ3n) is 6.39. The summed E-state index contributed by atoms with van der Waals surface area (Å²) in [5.74, 6) is 1.20. The maximum atomic E-state index is 5.25. The molecule has 1 unspecified atom stereocenters. The number of nitrogens with one attached hydrogen (secondary N) is 1. The SMILES string of the molecule is Brc1ccc(-n2nc(C3CCCCN3Cc3ccccc3)c3c2NCCCC3)cc1. The van der Waals surface area contributed by atoms with Gasteiger partial charge in [-0.3, -0.25) is 4.90 Å². The molecular formula is C25H29BrN4. The highest BCUT2D eigenvalue weighted by Gasteiger charge is 2.31. The molecule has 2 aromatic carbocycles. The Balaban J connectivity index is 1.54. The van der Waals surface area contributed by atoms with E-state index in [-0.39, 0.29) is 0 Å². The van der Waals surface area contributed by atoms with Gasteiger partial charge < -0.3 is 5.32 Å². The van der Waals surface area contributed by atoms with Crippen LogP contribution in [0.3, 0.4) is 0 Å². The number of hydrogen-bond donors (Lipinski definition) is 1. The number of likely N-dealkylation sites (tertiary alicyclic amines) is 1. The lowest BCUT2D eigenvalue weighted by Crippen LogP contribution is -2.33. The zero-order valence-electron chi connectivity index (χ0n) is 17.4. The van der Waals surface area contributed by atoms with E-state index in [1.807, 2.05) is 0 Å². The first kappa shape index (κ1) is 19.8. The van der Waals surface area contributed by atoms with Crippen LogP contribution in [0.1, 0.15) is 55.0 Å². The van der Waals surface area contributed by atoms with Crippen LogP contribution in [-0.4, -0.2) is 27.8 Å². The van der Waals surface area contributed by atoms with Crippen LogP contribution in [-0.2, 0) is 13.0 Å². The van der Waals surface area contributed by atoms with E-state index in [4.69, 9.17) is 5.10 Å². The van der Waals surface area contributed by atoms with E-state index in [1.165, 1.54) is 54.7 Å². The standard InChI is InChI=1S/C25H29BrN4/c26-20-12-14-21(15-13-20)30-25-22(10-4-6-16-27-25)24(28-30)23-11-5-7-17-29(23)18-19-8-2-1-3-9-19/h1-3,8-9,12-15,23,27H,4-7,10-11,16-18H2. The molecule has 1 atom stereocenters. The smallest absolute Gasteiger partial charge is 0.133 e. The van der Waals surface area contributed by atoms with Crippen LogP contribution < -0.4 is 5.32 Å². The molecule has 1 aromatic heterocycles. The number of aromatic nitrogens is 2. The van der Waals surface area contributed by atoms with Crippen LogP contribution in [0, 0.1) is 0 Å². The number of halogens is 1. The monoisotopic (exact) mass is 464 g/mol. The molecule has 2 aliphatic heterocycles. The normalized spacial score (nSPS) is 19.7. The van der Waals surface area contributed by atoms with Crippen molar-refractivity contribution in [1.29, 1.82) is 0 Å². The van der Waals surface area contributed by atoms with Crippen molar-refractivity contribution in [2.75, 3.05) is 18.4 Å². The Hall–Kier alpha value is -2.11. The van der Waals surface area contributed by atoms with Gasteiger partial charge in [0.1, 0.15) is 5.82 Å². The minimum atomic E-state index is 0.393. The Labute approximate surface area is 187 Å². The van der Waals surface area contributed by atoms with Crippen LogP contribution in [0.25, 0.3) is 5.69 Å². The topological polar surface area (TPSA) is 33.1 Å². The molecule has 156 valence electrons. The Morgan fingerprint density at radius 2 is 1.80 bits per heavy atom. The van der Waals surface area contributed by atoms with Gasteiger partial charge in [0.25, 0.3) is 0 Å². The van der Waals surface area contributed by atoms with Gasteiger partial charge in [0.2, 0.25) is 0 Å². The van der Waals surface area contributed by atoms with E-state index < -0.39 is 0 Å². The fourth-order valence-electron chi connectivity index (χ4n) is 4.87. The van der Waals surface area contributed by atoms with Gasteiger partial charge in [0.15, 0.2) is 0 Å². The summed E-state index contributed by atoms with van der Waals surface area (Å²) in [4.78, 5) is 2.65. The van der Waals surface area contributed by atoms with Crippen molar-refractivity contribution in [3.05, 3.63) is 75.9 Å². The molecule has 0 amide bonds. The molecule has 0 radical (unpaired) electrons. The van der Waals surface area contributed by atoms with Crippen molar-refractivity contribution in [2.45, 2.75) is 51.1 Å². The summed E-state index contributed by atoms with van der Waals surface area (Å²) in [5.41, 5.74) is 5.24. The number of anilines is 1. The third-order valence-corrected chi connectivity index (χ3v) is 6.92. The van der Waals surface area contributed by atoms with Crippen molar-refractivity contribution in [3.8, 4) is 5.69 Å². The van der Waals surface area contributed by atoms with Gasteiger partial charge in [-0.05, 0) is 68.5 Å². The molecule has 2 aliphatic rings. The molecule has 0 aliphatic carbocycles. The maximum absolute atomic E-state index is 5.25. The van der Waals surface area contributed by atoms with Crippen LogP contribution >= 0.6 is 15.9 Å². The minimum Gasteiger partial charge on any atom is -0.370 e. The molecule has 5 heteroatoms. The molecule has 0 spiro atoms. The Kier molecular flexibility index (Phi) is 5.91. The number of hydrogen-bond acceptors (Lipinski definition) is 3. The van der Waals surface area contributed by atoms with E-state index in [2.05, 4.69) is 85.4 Å². The molecule has 1 N–H and O–H groups in total. The lowest BCUT2D eigenvalue weighted by Gasteiger charge is -2.35. The Morgan fingerprint density at radius 3 is 2.63 bits per heavy atom. The fourth-order valence-corrected chi connectivity index (χ4v) is 5.14. The average Bonchev–Trinajstić information content (AvgIpc) is 2.96. The number of piperidine rings is 1. The first-order chi connectivity index (χ1) is 14.8. The molecule has 5 rings (SSSR count). The summed E-state index contributed by atoms with van der Waals surface area (Å²) < 4.78 is 3.25. The molecular weight excluding hydrogens is 436 g/mol. The van der Waals surface area contributed by atoms with E-state index >= 15 is 0 Å². The van der Waals surface area contributed by atoms with Crippen molar-refractivity contribution in [1.82, 2.24) is 14.7 Å². The summed E-state index contributed by atoms with van der Waals surface area (Å²) in [6.07, 6.45) is 7.30. The predicted molar refractivity (Wildman–Crippen MR) is 126 cm³/mol. The molecule has 1 fully saturated rings. The summed E-state index contributed by atoms with van der Waals surface area (Å²) in [6, 6.07) is 19.8. The van der Waals surface area contributed by atoms with E-state index in [0.29, 0.717) is 6.04 Å². The lowest BCUT2D eigenvalue weighted by molar-refractivity contribution is 0.136. The van der Waals surface area contributed by atoms with Gasteiger partial charge in [0.05, 0.1) is 17.4 Å². The first-order valence-electron chi connectivity index (χ1n) is 11.2. The summed E-state index contributed by atoms with van der Waals surface area (Å²) >= 11 is 3.56. The van der Waals surface area contributed by atoms with Gasteiger partial charge in [-0.2, -0.15) is 5.10 Å². The van der Waals surface area contributed by atoms with E-state index in [0.717, 1.165) is 36.2 Å². The van der Waals surface area contributed by atoms with Crippen LogP contribution in [0.2, 0.25) is 0 Å². The predicted octanol–water partition coefficient (Wildman–Crippen LogP) is 6.11. The van der Waals surface area contributed by atoms with Crippen molar-refractivity contribution in [3.63, 3.8) is 0 Å².